The summed E-state index contributed by atoms with van der Waals surface area (Å²) in [4.78, 5) is 7.48. The standard InChI is InChI=1S/C16H12F4N4O/c1-6-22-14-10(16(21)23-6)11(18)12(19)15(13(14)20)24-7-3-4-9(25-2)8(17)5-7/h3-5,24H,1-2H3,(H2,21,22,23). The van der Waals surface area contributed by atoms with E-state index in [9.17, 15) is 17.6 Å². The minimum Gasteiger partial charge on any atom is -0.494 e. The molecule has 130 valence electrons. The number of ether oxygens (including phenoxy) is 1. The molecule has 0 spiro atoms. The van der Waals surface area contributed by atoms with E-state index in [1.165, 1.54) is 26.2 Å². The van der Waals surface area contributed by atoms with Gasteiger partial charge in [-0.25, -0.2) is 27.5 Å². The Morgan fingerprint density at radius 1 is 1.04 bits per heavy atom. The molecule has 3 rings (SSSR count). The molecule has 1 aromatic heterocycles. The molecule has 0 aliphatic rings. The van der Waals surface area contributed by atoms with Crippen LogP contribution in [0.15, 0.2) is 18.2 Å². The molecule has 0 aliphatic carbocycles. The lowest BCUT2D eigenvalue weighted by Crippen LogP contribution is -2.07. The van der Waals surface area contributed by atoms with Crippen molar-refractivity contribution in [2.45, 2.75) is 6.92 Å². The highest BCUT2D eigenvalue weighted by atomic mass is 19.2. The Balaban J connectivity index is 2.18. The average Bonchev–Trinajstić information content (AvgIpc) is 2.56. The summed E-state index contributed by atoms with van der Waals surface area (Å²) >= 11 is 0. The summed E-state index contributed by atoms with van der Waals surface area (Å²) in [5.74, 6) is -5.16. The zero-order valence-corrected chi connectivity index (χ0v) is 13.1. The van der Waals surface area contributed by atoms with Crippen LogP contribution in [0.2, 0.25) is 0 Å². The van der Waals surface area contributed by atoms with E-state index in [2.05, 4.69) is 15.3 Å². The molecule has 3 N–H and O–H groups in total. The SMILES string of the molecule is COc1ccc(Nc2c(F)c(F)c3c(N)nc(C)nc3c2F)cc1F. The van der Waals surface area contributed by atoms with E-state index < -0.39 is 39.9 Å². The van der Waals surface area contributed by atoms with Crippen LogP contribution in [0.4, 0.5) is 34.8 Å². The van der Waals surface area contributed by atoms with E-state index >= 15 is 0 Å². The molecular weight excluding hydrogens is 340 g/mol. The monoisotopic (exact) mass is 352 g/mol. The Morgan fingerprint density at radius 3 is 2.40 bits per heavy atom. The van der Waals surface area contributed by atoms with Crippen molar-refractivity contribution in [2.75, 3.05) is 18.2 Å². The summed E-state index contributed by atoms with van der Waals surface area (Å²) in [5, 5.41) is 1.77. The number of aromatic nitrogens is 2. The van der Waals surface area contributed by atoms with Crippen molar-refractivity contribution in [3.05, 3.63) is 47.3 Å². The first-order chi connectivity index (χ1) is 11.8. The van der Waals surface area contributed by atoms with E-state index in [1.807, 2.05) is 0 Å². The van der Waals surface area contributed by atoms with Gasteiger partial charge < -0.3 is 15.8 Å². The number of halogens is 4. The molecule has 5 nitrogen and oxygen atoms in total. The van der Waals surface area contributed by atoms with Crippen LogP contribution in [-0.4, -0.2) is 17.1 Å². The summed E-state index contributed by atoms with van der Waals surface area (Å²) in [6.45, 7) is 1.43. The molecule has 0 fully saturated rings. The minimum absolute atomic E-state index is 0.00593. The molecule has 9 heteroatoms. The van der Waals surface area contributed by atoms with E-state index in [-0.39, 0.29) is 23.1 Å². The Morgan fingerprint density at radius 2 is 1.76 bits per heavy atom. The van der Waals surface area contributed by atoms with Crippen molar-refractivity contribution in [2.24, 2.45) is 0 Å². The number of nitrogen functional groups attached to an aromatic ring is 1. The topological polar surface area (TPSA) is 73.1 Å². The molecule has 0 aliphatic heterocycles. The number of benzene rings is 2. The second-order valence-electron chi connectivity index (χ2n) is 5.17. The van der Waals surface area contributed by atoms with Crippen molar-refractivity contribution in [3.8, 4) is 5.75 Å². The van der Waals surface area contributed by atoms with Gasteiger partial charge in [-0.15, -0.1) is 0 Å². The van der Waals surface area contributed by atoms with E-state index in [0.717, 1.165) is 6.07 Å². The molecule has 25 heavy (non-hydrogen) atoms. The highest BCUT2D eigenvalue weighted by Gasteiger charge is 2.24. The van der Waals surface area contributed by atoms with Crippen molar-refractivity contribution >= 4 is 28.1 Å². The predicted molar refractivity (Wildman–Crippen MR) is 84.8 cm³/mol. The largest absolute Gasteiger partial charge is 0.494 e. The first-order valence-corrected chi connectivity index (χ1v) is 7.04. The van der Waals surface area contributed by atoms with Gasteiger partial charge in [0.2, 0.25) is 0 Å². The van der Waals surface area contributed by atoms with E-state index in [0.29, 0.717) is 0 Å². The molecule has 0 atom stereocenters. The van der Waals surface area contributed by atoms with E-state index in [4.69, 9.17) is 10.5 Å². The van der Waals surface area contributed by atoms with Gasteiger partial charge in [-0.2, -0.15) is 0 Å². The maximum absolute atomic E-state index is 14.7. The summed E-state index contributed by atoms with van der Waals surface area (Å²) < 4.78 is 61.7. The Hall–Kier alpha value is -3.10. The maximum Gasteiger partial charge on any atom is 0.186 e. The van der Waals surface area contributed by atoms with Gasteiger partial charge >= 0.3 is 0 Å². The van der Waals surface area contributed by atoms with Crippen LogP contribution in [0.25, 0.3) is 10.9 Å². The fourth-order valence-electron chi connectivity index (χ4n) is 2.40. The predicted octanol–water partition coefficient (Wildman–Crippen LogP) is 3.83. The van der Waals surface area contributed by atoms with Crippen LogP contribution in [0.3, 0.4) is 0 Å². The molecule has 0 amide bonds. The fraction of sp³-hybridized carbons (Fsp3) is 0.125. The van der Waals surface area contributed by atoms with Crippen molar-refractivity contribution in [1.29, 1.82) is 0 Å². The lowest BCUT2D eigenvalue weighted by Gasteiger charge is -2.13. The Bertz CT molecular complexity index is 994. The first kappa shape index (κ1) is 16.7. The number of nitrogens with one attached hydrogen (secondary N) is 1. The second kappa shape index (κ2) is 6.08. The molecule has 0 unspecified atom stereocenters. The lowest BCUT2D eigenvalue weighted by molar-refractivity contribution is 0.386. The van der Waals surface area contributed by atoms with Gasteiger partial charge in [-0.3, -0.25) is 0 Å². The molecule has 1 heterocycles. The first-order valence-electron chi connectivity index (χ1n) is 7.04. The number of methoxy groups -OCH3 is 1. The van der Waals surface area contributed by atoms with Gasteiger partial charge in [0.05, 0.1) is 12.5 Å². The number of nitrogens with two attached hydrogens (primary N) is 1. The number of rotatable bonds is 3. The zero-order valence-electron chi connectivity index (χ0n) is 13.1. The molecule has 3 aromatic rings. The van der Waals surface area contributed by atoms with Crippen molar-refractivity contribution in [1.82, 2.24) is 9.97 Å². The number of hydrogen-bond donors (Lipinski definition) is 2. The number of nitrogens with zero attached hydrogens (tertiary/aromatic N) is 2. The van der Waals surface area contributed by atoms with Gasteiger partial charge in [-0.1, -0.05) is 0 Å². The van der Waals surface area contributed by atoms with Crippen molar-refractivity contribution < 1.29 is 22.3 Å². The number of fused-ring (bicyclic) bond motifs is 1. The highest BCUT2D eigenvalue weighted by Crippen LogP contribution is 2.34. The highest BCUT2D eigenvalue weighted by molar-refractivity contribution is 5.92. The third kappa shape index (κ3) is 2.77. The number of aryl methyl sites for hydroxylation is 1. The molecule has 2 aromatic carbocycles. The molecule has 0 saturated carbocycles. The fourth-order valence-corrected chi connectivity index (χ4v) is 2.40. The van der Waals surface area contributed by atoms with Gasteiger partial charge in [0.25, 0.3) is 0 Å². The number of hydrogen-bond acceptors (Lipinski definition) is 5. The van der Waals surface area contributed by atoms with E-state index in [1.54, 1.807) is 0 Å². The molecular formula is C16H12F4N4O. The summed E-state index contributed by atoms with van der Waals surface area (Å²) in [5.41, 5.74) is 4.25. The Labute approximate surface area is 139 Å². The molecule has 0 saturated heterocycles. The van der Waals surface area contributed by atoms with Gasteiger partial charge in [0.15, 0.2) is 29.0 Å². The van der Waals surface area contributed by atoms with Crippen LogP contribution in [0.5, 0.6) is 5.75 Å². The van der Waals surface area contributed by atoms with Gasteiger partial charge in [-0.05, 0) is 19.1 Å². The quantitative estimate of drug-likeness (QED) is 0.554. The smallest absolute Gasteiger partial charge is 0.186 e. The average molecular weight is 352 g/mol. The third-order valence-electron chi connectivity index (χ3n) is 3.53. The normalized spacial score (nSPS) is 11.0. The van der Waals surface area contributed by atoms with Crippen LogP contribution in [0.1, 0.15) is 5.82 Å². The molecule has 0 radical (unpaired) electrons. The minimum atomic E-state index is -1.51. The zero-order chi connectivity index (χ0) is 18.3. The lowest BCUT2D eigenvalue weighted by atomic mass is 10.1. The van der Waals surface area contributed by atoms with Crippen molar-refractivity contribution in [3.63, 3.8) is 0 Å². The summed E-state index contributed by atoms with van der Waals surface area (Å²) in [6, 6.07) is 3.54. The van der Waals surface area contributed by atoms with Crippen LogP contribution in [-0.2, 0) is 0 Å². The maximum atomic E-state index is 14.7. The summed E-state index contributed by atoms with van der Waals surface area (Å²) in [6.07, 6.45) is 0. The van der Waals surface area contributed by atoms with Crippen LogP contribution >= 0.6 is 0 Å². The summed E-state index contributed by atoms with van der Waals surface area (Å²) in [7, 11) is 1.27. The Kier molecular flexibility index (Phi) is 4.07. The van der Waals surface area contributed by atoms with Gasteiger partial charge in [0.1, 0.15) is 22.8 Å². The third-order valence-corrected chi connectivity index (χ3v) is 3.53. The van der Waals surface area contributed by atoms with Crippen LogP contribution < -0.4 is 15.8 Å². The molecule has 0 bridgehead atoms. The van der Waals surface area contributed by atoms with Crippen LogP contribution in [0, 0.1) is 30.2 Å². The second-order valence-corrected chi connectivity index (χ2v) is 5.17. The van der Waals surface area contributed by atoms with Gasteiger partial charge in [0, 0.05) is 11.8 Å². The number of anilines is 3.